The van der Waals surface area contributed by atoms with E-state index in [1.165, 1.54) is 5.56 Å². The maximum Gasteiger partial charge on any atom is 0.233 e. The van der Waals surface area contributed by atoms with Gasteiger partial charge in [0.25, 0.3) is 0 Å². The Balaban J connectivity index is 1.52. The minimum atomic E-state index is -0.221. The Morgan fingerprint density at radius 2 is 1.86 bits per heavy atom. The average molecular weight is 363 g/mol. The zero-order chi connectivity index (χ0) is 15.2. The third kappa shape index (κ3) is 2.50. The quantitative estimate of drug-likeness (QED) is 0.876. The van der Waals surface area contributed by atoms with Gasteiger partial charge in [0, 0.05) is 17.6 Å². The lowest BCUT2D eigenvalue weighted by Gasteiger charge is -2.27. The number of fused-ring (bicyclic) bond motifs is 1. The molecule has 1 aromatic rings. The van der Waals surface area contributed by atoms with Crippen LogP contribution in [0.5, 0.6) is 0 Å². The molecule has 0 radical (unpaired) electrons. The van der Waals surface area contributed by atoms with Crippen LogP contribution in [0.1, 0.15) is 31.2 Å². The van der Waals surface area contributed by atoms with Crippen molar-refractivity contribution < 1.29 is 4.79 Å². The molecule has 0 unspecified atom stereocenters. The molecule has 1 saturated carbocycles. The van der Waals surface area contributed by atoms with E-state index in [0.29, 0.717) is 5.91 Å². The van der Waals surface area contributed by atoms with Crippen LogP contribution in [-0.4, -0.2) is 37.0 Å². The van der Waals surface area contributed by atoms with Gasteiger partial charge < -0.3 is 10.2 Å². The van der Waals surface area contributed by atoms with E-state index in [0.717, 1.165) is 68.2 Å². The summed E-state index contributed by atoms with van der Waals surface area (Å²) in [5, 5.41) is 3.50. The summed E-state index contributed by atoms with van der Waals surface area (Å²) < 4.78 is 1.07. The van der Waals surface area contributed by atoms with Crippen molar-refractivity contribution in [3.8, 4) is 0 Å². The third-order valence-corrected chi connectivity index (χ3v) is 6.34. The van der Waals surface area contributed by atoms with Gasteiger partial charge in [-0.2, -0.15) is 0 Å². The summed E-state index contributed by atoms with van der Waals surface area (Å²) in [4.78, 5) is 15.3. The van der Waals surface area contributed by atoms with E-state index in [-0.39, 0.29) is 5.41 Å². The SMILES string of the molecule is O=C(N1CC[C@@H]2CNC[C@@H]2CC1)C1(c2cccc(Br)c2)CC1. The number of hydrogen-bond donors (Lipinski definition) is 1. The van der Waals surface area contributed by atoms with Gasteiger partial charge in [-0.05, 0) is 68.3 Å². The Kier molecular flexibility index (Phi) is 3.77. The molecular weight excluding hydrogens is 340 g/mol. The molecule has 0 bridgehead atoms. The second kappa shape index (κ2) is 5.64. The molecule has 3 nitrogen and oxygen atoms in total. The smallest absolute Gasteiger partial charge is 0.233 e. The number of carbonyl (C=O) groups excluding carboxylic acids is 1. The number of nitrogens with one attached hydrogen (secondary N) is 1. The van der Waals surface area contributed by atoms with Crippen molar-refractivity contribution in [3.63, 3.8) is 0 Å². The van der Waals surface area contributed by atoms with Gasteiger partial charge >= 0.3 is 0 Å². The second-order valence-corrected chi connectivity index (χ2v) is 8.06. The number of amides is 1. The number of carbonyl (C=O) groups is 1. The van der Waals surface area contributed by atoms with Gasteiger partial charge in [0.2, 0.25) is 5.91 Å². The van der Waals surface area contributed by atoms with E-state index in [1.807, 2.05) is 12.1 Å². The van der Waals surface area contributed by atoms with Gasteiger partial charge in [-0.3, -0.25) is 4.79 Å². The van der Waals surface area contributed by atoms with Crippen molar-refractivity contribution in [1.82, 2.24) is 10.2 Å². The number of benzene rings is 1. The van der Waals surface area contributed by atoms with Gasteiger partial charge in [0.15, 0.2) is 0 Å². The molecule has 3 fully saturated rings. The summed E-state index contributed by atoms with van der Waals surface area (Å²) in [5.41, 5.74) is 0.972. The first kappa shape index (κ1) is 14.7. The van der Waals surface area contributed by atoms with Crippen LogP contribution in [0.15, 0.2) is 28.7 Å². The lowest BCUT2D eigenvalue weighted by atomic mass is 9.92. The minimum Gasteiger partial charge on any atom is -0.342 e. The number of rotatable bonds is 2. The standard InChI is InChI=1S/C18H23BrN2O/c19-16-3-1-2-15(10-16)18(6-7-18)17(22)21-8-4-13-11-20-12-14(13)5-9-21/h1-3,10,13-14,20H,4-9,11-12H2/t13-,14+. The summed E-state index contributed by atoms with van der Waals surface area (Å²) in [6.45, 7) is 4.17. The van der Waals surface area contributed by atoms with Crippen molar-refractivity contribution in [3.05, 3.63) is 34.3 Å². The summed E-state index contributed by atoms with van der Waals surface area (Å²) in [6, 6.07) is 8.32. The molecule has 22 heavy (non-hydrogen) atoms. The molecule has 118 valence electrons. The molecule has 4 rings (SSSR count). The van der Waals surface area contributed by atoms with E-state index >= 15 is 0 Å². The zero-order valence-corrected chi connectivity index (χ0v) is 14.4. The number of likely N-dealkylation sites (tertiary alicyclic amines) is 1. The average Bonchev–Trinajstić information content (AvgIpc) is 3.26. The van der Waals surface area contributed by atoms with Crippen molar-refractivity contribution in [2.24, 2.45) is 11.8 Å². The fourth-order valence-electron chi connectivity index (χ4n) is 4.26. The highest BCUT2D eigenvalue weighted by atomic mass is 79.9. The van der Waals surface area contributed by atoms with E-state index in [9.17, 15) is 4.79 Å². The summed E-state index contributed by atoms with van der Waals surface area (Å²) >= 11 is 3.54. The zero-order valence-electron chi connectivity index (χ0n) is 12.9. The van der Waals surface area contributed by atoms with Gasteiger partial charge in [0.1, 0.15) is 0 Å². The molecule has 2 heterocycles. The maximum absolute atomic E-state index is 13.2. The molecule has 0 spiro atoms. The van der Waals surface area contributed by atoms with Crippen LogP contribution in [0, 0.1) is 11.8 Å². The first-order valence-corrected chi connectivity index (χ1v) is 9.24. The van der Waals surface area contributed by atoms with E-state index in [4.69, 9.17) is 0 Å². The maximum atomic E-state index is 13.2. The first-order valence-electron chi connectivity index (χ1n) is 8.45. The van der Waals surface area contributed by atoms with Crippen LogP contribution in [0.25, 0.3) is 0 Å². The molecule has 2 aliphatic heterocycles. The molecular formula is C18H23BrN2O. The van der Waals surface area contributed by atoms with Crippen molar-refractivity contribution in [2.75, 3.05) is 26.2 Å². The summed E-state index contributed by atoms with van der Waals surface area (Å²) in [6.07, 6.45) is 4.34. The molecule has 0 aromatic heterocycles. The van der Waals surface area contributed by atoms with Crippen LogP contribution in [0.4, 0.5) is 0 Å². The molecule has 4 heteroatoms. The Morgan fingerprint density at radius 1 is 1.18 bits per heavy atom. The van der Waals surface area contributed by atoms with Gasteiger partial charge in [0.05, 0.1) is 5.41 Å². The van der Waals surface area contributed by atoms with Crippen molar-refractivity contribution in [2.45, 2.75) is 31.1 Å². The van der Waals surface area contributed by atoms with Crippen molar-refractivity contribution in [1.29, 1.82) is 0 Å². The van der Waals surface area contributed by atoms with E-state index in [1.54, 1.807) is 0 Å². The van der Waals surface area contributed by atoms with Crippen LogP contribution < -0.4 is 5.32 Å². The monoisotopic (exact) mass is 362 g/mol. The van der Waals surface area contributed by atoms with Crippen LogP contribution >= 0.6 is 15.9 Å². The summed E-state index contributed by atoms with van der Waals surface area (Å²) in [5.74, 6) is 1.93. The largest absolute Gasteiger partial charge is 0.342 e. The van der Waals surface area contributed by atoms with E-state index < -0.39 is 0 Å². The normalized spacial score (nSPS) is 29.8. The van der Waals surface area contributed by atoms with Gasteiger partial charge in [-0.1, -0.05) is 28.1 Å². The van der Waals surface area contributed by atoms with E-state index in [2.05, 4.69) is 38.3 Å². The third-order valence-electron chi connectivity index (χ3n) is 5.84. The lowest BCUT2D eigenvalue weighted by Crippen LogP contribution is -2.40. The van der Waals surface area contributed by atoms with Crippen LogP contribution in [0.2, 0.25) is 0 Å². The first-order chi connectivity index (χ1) is 10.7. The highest BCUT2D eigenvalue weighted by Gasteiger charge is 2.53. The van der Waals surface area contributed by atoms with Crippen molar-refractivity contribution >= 4 is 21.8 Å². The second-order valence-electron chi connectivity index (χ2n) is 7.14. The number of nitrogens with zero attached hydrogens (tertiary/aromatic N) is 1. The highest BCUT2D eigenvalue weighted by molar-refractivity contribution is 9.10. The van der Waals surface area contributed by atoms with Crippen LogP contribution in [-0.2, 0) is 10.2 Å². The fourth-order valence-corrected chi connectivity index (χ4v) is 4.66. The molecule has 1 N–H and O–H groups in total. The Labute approximate surface area is 140 Å². The predicted octanol–water partition coefficient (Wildman–Crippen LogP) is 2.94. The predicted molar refractivity (Wildman–Crippen MR) is 90.7 cm³/mol. The minimum absolute atomic E-state index is 0.221. The topological polar surface area (TPSA) is 32.3 Å². The Hall–Kier alpha value is -0.870. The Bertz CT molecular complexity index is 570. The Morgan fingerprint density at radius 3 is 2.45 bits per heavy atom. The number of hydrogen-bond acceptors (Lipinski definition) is 2. The van der Waals surface area contributed by atoms with Gasteiger partial charge in [-0.25, -0.2) is 0 Å². The molecule has 1 amide bonds. The van der Waals surface area contributed by atoms with Crippen LogP contribution in [0.3, 0.4) is 0 Å². The summed E-state index contributed by atoms with van der Waals surface area (Å²) in [7, 11) is 0. The lowest BCUT2D eigenvalue weighted by molar-refractivity contribution is -0.134. The molecule has 2 saturated heterocycles. The number of halogens is 1. The molecule has 1 aliphatic carbocycles. The van der Waals surface area contributed by atoms with Gasteiger partial charge in [-0.15, -0.1) is 0 Å². The fraction of sp³-hybridized carbons (Fsp3) is 0.611. The highest BCUT2D eigenvalue weighted by Crippen LogP contribution is 2.50. The molecule has 2 atom stereocenters. The molecule has 1 aromatic carbocycles. The molecule has 3 aliphatic rings.